The molecule has 1 saturated heterocycles. The predicted molar refractivity (Wildman–Crippen MR) is 76.3 cm³/mol. The topological polar surface area (TPSA) is 35.5 Å². The van der Waals surface area contributed by atoms with Crippen molar-refractivity contribution in [2.24, 2.45) is 0 Å². The Morgan fingerprint density at radius 1 is 1.28 bits per heavy atom. The Balaban J connectivity index is 2.39. The van der Waals surface area contributed by atoms with Crippen molar-refractivity contribution in [3.63, 3.8) is 0 Å². The summed E-state index contributed by atoms with van der Waals surface area (Å²) in [6, 6.07) is 5.10. The van der Waals surface area contributed by atoms with Gasteiger partial charge in [0.05, 0.1) is 12.6 Å². The molecule has 2 unspecified atom stereocenters. The van der Waals surface area contributed by atoms with Crippen LogP contribution in [0.15, 0.2) is 12.1 Å². The van der Waals surface area contributed by atoms with Gasteiger partial charge in [-0.1, -0.05) is 17.7 Å². The van der Waals surface area contributed by atoms with Gasteiger partial charge in [0.25, 0.3) is 0 Å². The van der Waals surface area contributed by atoms with Gasteiger partial charge in [-0.3, -0.25) is 0 Å². The molecule has 0 aromatic heterocycles. The smallest absolute Gasteiger partial charge is 0.0647 e. The van der Waals surface area contributed by atoms with E-state index in [0.717, 1.165) is 13.1 Å². The highest BCUT2D eigenvalue weighted by molar-refractivity contribution is 5.61. The summed E-state index contributed by atoms with van der Waals surface area (Å²) in [6.07, 6.45) is 0. The molecule has 3 heteroatoms. The number of piperazine rings is 1. The van der Waals surface area contributed by atoms with Crippen LogP contribution in [0.5, 0.6) is 0 Å². The number of anilines is 1. The molecule has 1 aromatic rings. The number of rotatable bonds is 2. The van der Waals surface area contributed by atoms with E-state index in [-0.39, 0.29) is 12.6 Å². The Labute approximate surface area is 110 Å². The van der Waals surface area contributed by atoms with Crippen LogP contribution in [-0.2, 0) is 0 Å². The van der Waals surface area contributed by atoms with Crippen molar-refractivity contribution in [1.29, 1.82) is 0 Å². The molecule has 2 atom stereocenters. The standard InChI is InChI=1S/C15H24N2O/c1-10-5-11(2)15(12(3)6-10)17-8-13(4)16-7-14(17)9-18/h5-6,13-14,16,18H,7-9H2,1-4H3. The molecule has 1 heterocycles. The molecule has 1 aliphatic rings. The Hall–Kier alpha value is -1.06. The minimum Gasteiger partial charge on any atom is -0.394 e. The van der Waals surface area contributed by atoms with E-state index < -0.39 is 0 Å². The second-order valence-corrected chi connectivity index (χ2v) is 5.55. The fourth-order valence-electron chi connectivity index (χ4n) is 3.02. The van der Waals surface area contributed by atoms with Crippen LogP contribution in [-0.4, -0.2) is 36.9 Å². The Morgan fingerprint density at radius 3 is 2.44 bits per heavy atom. The fraction of sp³-hybridized carbons (Fsp3) is 0.600. The third-order valence-electron chi connectivity index (χ3n) is 3.75. The zero-order valence-corrected chi connectivity index (χ0v) is 11.8. The van der Waals surface area contributed by atoms with E-state index >= 15 is 0 Å². The van der Waals surface area contributed by atoms with Crippen molar-refractivity contribution in [2.75, 3.05) is 24.6 Å². The first-order valence-electron chi connectivity index (χ1n) is 6.71. The lowest BCUT2D eigenvalue weighted by atomic mass is 10.0. The predicted octanol–water partition coefficient (Wildman–Crippen LogP) is 1.77. The van der Waals surface area contributed by atoms with Gasteiger partial charge in [0.1, 0.15) is 0 Å². The van der Waals surface area contributed by atoms with Crippen LogP contribution in [0.4, 0.5) is 5.69 Å². The van der Waals surface area contributed by atoms with E-state index in [9.17, 15) is 5.11 Å². The second kappa shape index (κ2) is 5.29. The van der Waals surface area contributed by atoms with E-state index in [1.807, 2.05) is 0 Å². The van der Waals surface area contributed by atoms with Crippen molar-refractivity contribution in [1.82, 2.24) is 5.32 Å². The van der Waals surface area contributed by atoms with Crippen LogP contribution in [0.1, 0.15) is 23.6 Å². The first-order chi connectivity index (χ1) is 8.52. The summed E-state index contributed by atoms with van der Waals surface area (Å²) in [5.41, 5.74) is 5.21. The first-order valence-corrected chi connectivity index (χ1v) is 6.71. The number of hydrogen-bond acceptors (Lipinski definition) is 3. The summed E-state index contributed by atoms with van der Waals surface area (Å²) in [5.74, 6) is 0. The van der Waals surface area contributed by atoms with Gasteiger partial charge in [-0.05, 0) is 38.8 Å². The highest BCUT2D eigenvalue weighted by Crippen LogP contribution is 2.29. The number of nitrogens with one attached hydrogen (secondary N) is 1. The SMILES string of the molecule is Cc1cc(C)c(N2CC(C)NCC2CO)c(C)c1. The summed E-state index contributed by atoms with van der Waals surface area (Å²) in [7, 11) is 0. The molecule has 0 spiro atoms. The molecular weight excluding hydrogens is 224 g/mol. The van der Waals surface area contributed by atoms with Gasteiger partial charge < -0.3 is 15.3 Å². The molecule has 0 bridgehead atoms. The van der Waals surface area contributed by atoms with Crippen molar-refractivity contribution >= 4 is 5.69 Å². The molecular formula is C15H24N2O. The number of aliphatic hydroxyl groups excluding tert-OH is 1. The van der Waals surface area contributed by atoms with Gasteiger partial charge in [0, 0.05) is 24.8 Å². The third kappa shape index (κ3) is 2.52. The lowest BCUT2D eigenvalue weighted by Gasteiger charge is -2.41. The average molecular weight is 248 g/mol. The van der Waals surface area contributed by atoms with Gasteiger partial charge in [-0.2, -0.15) is 0 Å². The quantitative estimate of drug-likeness (QED) is 0.837. The van der Waals surface area contributed by atoms with E-state index in [1.165, 1.54) is 22.4 Å². The highest BCUT2D eigenvalue weighted by Gasteiger charge is 2.27. The number of benzene rings is 1. The number of aliphatic hydroxyl groups is 1. The number of aryl methyl sites for hydroxylation is 3. The zero-order chi connectivity index (χ0) is 13.3. The normalized spacial score (nSPS) is 24.4. The Morgan fingerprint density at radius 2 is 1.89 bits per heavy atom. The Kier molecular flexibility index (Phi) is 3.93. The summed E-state index contributed by atoms with van der Waals surface area (Å²) >= 11 is 0. The van der Waals surface area contributed by atoms with E-state index in [0.29, 0.717) is 6.04 Å². The third-order valence-corrected chi connectivity index (χ3v) is 3.75. The van der Waals surface area contributed by atoms with Crippen LogP contribution in [0.3, 0.4) is 0 Å². The summed E-state index contributed by atoms with van der Waals surface area (Å²) < 4.78 is 0. The molecule has 1 aliphatic heterocycles. The van der Waals surface area contributed by atoms with Gasteiger partial charge in [-0.25, -0.2) is 0 Å². The maximum atomic E-state index is 9.56. The molecule has 18 heavy (non-hydrogen) atoms. The molecule has 1 fully saturated rings. The molecule has 0 aliphatic carbocycles. The highest BCUT2D eigenvalue weighted by atomic mass is 16.3. The monoisotopic (exact) mass is 248 g/mol. The second-order valence-electron chi connectivity index (χ2n) is 5.55. The molecule has 0 radical (unpaired) electrons. The molecule has 0 amide bonds. The van der Waals surface area contributed by atoms with Crippen molar-refractivity contribution in [2.45, 2.75) is 39.8 Å². The minimum absolute atomic E-state index is 0.182. The Bertz CT molecular complexity index is 407. The molecule has 2 rings (SSSR count). The lowest BCUT2D eigenvalue weighted by Crippen LogP contribution is -2.57. The molecule has 3 nitrogen and oxygen atoms in total. The van der Waals surface area contributed by atoms with Crippen LogP contribution >= 0.6 is 0 Å². The molecule has 100 valence electrons. The fourth-order valence-corrected chi connectivity index (χ4v) is 3.02. The summed E-state index contributed by atoms with van der Waals surface area (Å²) in [4.78, 5) is 2.37. The van der Waals surface area contributed by atoms with Gasteiger partial charge in [0.2, 0.25) is 0 Å². The molecule has 2 N–H and O–H groups in total. The number of hydrogen-bond donors (Lipinski definition) is 2. The van der Waals surface area contributed by atoms with E-state index in [2.05, 4.69) is 50.0 Å². The lowest BCUT2D eigenvalue weighted by molar-refractivity contribution is 0.237. The average Bonchev–Trinajstić information content (AvgIpc) is 2.28. The minimum atomic E-state index is 0.182. The van der Waals surface area contributed by atoms with Crippen molar-refractivity contribution < 1.29 is 5.11 Å². The largest absolute Gasteiger partial charge is 0.394 e. The zero-order valence-electron chi connectivity index (χ0n) is 11.8. The maximum absolute atomic E-state index is 9.56. The van der Waals surface area contributed by atoms with Gasteiger partial charge in [0.15, 0.2) is 0 Å². The van der Waals surface area contributed by atoms with Gasteiger partial charge in [-0.15, -0.1) is 0 Å². The summed E-state index contributed by atoms with van der Waals surface area (Å²) in [6.45, 7) is 10.7. The van der Waals surface area contributed by atoms with Crippen LogP contribution in [0.2, 0.25) is 0 Å². The summed E-state index contributed by atoms with van der Waals surface area (Å²) in [5, 5.41) is 13.0. The van der Waals surface area contributed by atoms with Crippen LogP contribution in [0.25, 0.3) is 0 Å². The maximum Gasteiger partial charge on any atom is 0.0647 e. The molecule has 1 aromatic carbocycles. The number of nitrogens with zero attached hydrogens (tertiary/aromatic N) is 1. The van der Waals surface area contributed by atoms with Crippen LogP contribution < -0.4 is 10.2 Å². The first kappa shape index (κ1) is 13.4. The van der Waals surface area contributed by atoms with Crippen molar-refractivity contribution in [3.8, 4) is 0 Å². The van der Waals surface area contributed by atoms with Crippen LogP contribution in [0, 0.1) is 20.8 Å². The van der Waals surface area contributed by atoms with E-state index in [4.69, 9.17) is 0 Å². The van der Waals surface area contributed by atoms with Crippen molar-refractivity contribution in [3.05, 3.63) is 28.8 Å². The van der Waals surface area contributed by atoms with E-state index in [1.54, 1.807) is 0 Å². The molecule has 0 saturated carbocycles. The van der Waals surface area contributed by atoms with Gasteiger partial charge >= 0.3 is 0 Å².